The van der Waals surface area contributed by atoms with Gasteiger partial charge in [-0.3, -0.25) is 4.79 Å². The van der Waals surface area contributed by atoms with Gasteiger partial charge in [-0.1, -0.05) is 0 Å². The SMILES string of the molecule is COc1cc(C(=O)NCCCN(C)C)c(OC)cc1C. The Morgan fingerprint density at radius 2 is 1.85 bits per heavy atom. The van der Waals surface area contributed by atoms with Crippen molar-refractivity contribution in [3.8, 4) is 11.5 Å². The smallest absolute Gasteiger partial charge is 0.255 e. The molecule has 1 amide bonds. The summed E-state index contributed by atoms with van der Waals surface area (Å²) in [5, 5.41) is 2.90. The van der Waals surface area contributed by atoms with Gasteiger partial charge in [-0.2, -0.15) is 0 Å². The van der Waals surface area contributed by atoms with Gasteiger partial charge >= 0.3 is 0 Å². The molecule has 0 aliphatic rings. The lowest BCUT2D eigenvalue weighted by Gasteiger charge is -2.14. The van der Waals surface area contributed by atoms with Gasteiger partial charge in [0.15, 0.2) is 0 Å². The summed E-state index contributed by atoms with van der Waals surface area (Å²) in [4.78, 5) is 14.3. The topological polar surface area (TPSA) is 50.8 Å². The molecule has 5 nitrogen and oxygen atoms in total. The standard InChI is InChI=1S/C15H24N2O3/c1-11-9-14(20-5)12(10-13(11)19-4)15(18)16-7-6-8-17(2)3/h9-10H,6-8H2,1-5H3,(H,16,18). The summed E-state index contributed by atoms with van der Waals surface area (Å²) < 4.78 is 10.5. The molecule has 0 atom stereocenters. The molecule has 0 aromatic heterocycles. The Labute approximate surface area is 120 Å². The van der Waals surface area contributed by atoms with Crippen molar-refractivity contribution in [2.45, 2.75) is 13.3 Å². The summed E-state index contributed by atoms with van der Waals surface area (Å²) >= 11 is 0. The Hall–Kier alpha value is -1.75. The van der Waals surface area contributed by atoms with Crippen LogP contribution >= 0.6 is 0 Å². The summed E-state index contributed by atoms with van der Waals surface area (Å²) in [6.07, 6.45) is 0.907. The number of ether oxygens (including phenoxy) is 2. The van der Waals surface area contributed by atoms with E-state index >= 15 is 0 Å². The van der Waals surface area contributed by atoms with Gasteiger partial charge in [-0.25, -0.2) is 0 Å². The number of nitrogens with zero attached hydrogens (tertiary/aromatic N) is 1. The Balaban J connectivity index is 2.75. The predicted octanol–water partition coefficient (Wildman–Crippen LogP) is 1.69. The molecule has 0 heterocycles. The average Bonchev–Trinajstić information content (AvgIpc) is 2.42. The molecule has 0 radical (unpaired) electrons. The van der Waals surface area contributed by atoms with Crippen LogP contribution in [0.4, 0.5) is 0 Å². The minimum Gasteiger partial charge on any atom is -0.496 e. The molecule has 0 fully saturated rings. The molecule has 1 aromatic rings. The second-order valence-corrected chi connectivity index (χ2v) is 4.93. The van der Waals surface area contributed by atoms with Crippen LogP contribution in [0.1, 0.15) is 22.3 Å². The number of carbonyl (C=O) groups excluding carboxylic acids is 1. The highest BCUT2D eigenvalue weighted by Crippen LogP contribution is 2.28. The van der Waals surface area contributed by atoms with E-state index in [-0.39, 0.29) is 5.91 Å². The summed E-state index contributed by atoms with van der Waals surface area (Å²) in [6.45, 7) is 3.49. The molecular weight excluding hydrogens is 256 g/mol. The van der Waals surface area contributed by atoms with E-state index in [4.69, 9.17) is 9.47 Å². The highest BCUT2D eigenvalue weighted by molar-refractivity contribution is 5.97. The third kappa shape index (κ3) is 4.42. The van der Waals surface area contributed by atoms with Crippen LogP contribution in [-0.4, -0.2) is 52.2 Å². The molecule has 112 valence electrons. The molecule has 0 saturated heterocycles. The molecule has 0 aliphatic heterocycles. The highest BCUT2D eigenvalue weighted by atomic mass is 16.5. The van der Waals surface area contributed by atoms with E-state index in [1.54, 1.807) is 20.3 Å². The maximum Gasteiger partial charge on any atom is 0.255 e. The monoisotopic (exact) mass is 280 g/mol. The number of methoxy groups -OCH3 is 2. The third-order valence-corrected chi connectivity index (χ3v) is 3.03. The van der Waals surface area contributed by atoms with Crippen LogP contribution < -0.4 is 14.8 Å². The molecule has 0 spiro atoms. The maximum atomic E-state index is 12.2. The summed E-state index contributed by atoms with van der Waals surface area (Å²) in [7, 11) is 7.17. The zero-order valence-corrected chi connectivity index (χ0v) is 12.9. The van der Waals surface area contributed by atoms with Gasteiger partial charge in [0.05, 0.1) is 19.8 Å². The number of hydrogen-bond donors (Lipinski definition) is 1. The van der Waals surface area contributed by atoms with Crippen molar-refractivity contribution in [2.24, 2.45) is 0 Å². The van der Waals surface area contributed by atoms with Gasteiger partial charge in [0.25, 0.3) is 5.91 Å². The number of aryl methyl sites for hydroxylation is 1. The third-order valence-electron chi connectivity index (χ3n) is 3.03. The van der Waals surface area contributed by atoms with E-state index in [1.165, 1.54) is 0 Å². The molecular formula is C15H24N2O3. The van der Waals surface area contributed by atoms with E-state index in [0.29, 0.717) is 23.6 Å². The Morgan fingerprint density at radius 1 is 1.20 bits per heavy atom. The van der Waals surface area contributed by atoms with Gasteiger partial charge in [-0.15, -0.1) is 0 Å². The van der Waals surface area contributed by atoms with E-state index in [1.807, 2.05) is 27.1 Å². The summed E-state index contributed by atoms with van der Waals surface area (Å²) in [5.41, 5.74) is 1.44. The Bertz CT molecular complexity index is 459. The first kappa shape index (κ1) is 16.3. The quantitative estimate of drug-likeness (QED) is 0.772. The number of hydrogen-bond acceptors (Lipinski definition) is 4. The second kappa shape index (κ2) is 7.75. The first-order chi connectivity index (χ1) is 9.49. The number of benzene rings is 1. The largest absolute Gasteiger partial charge is 0.496 e. The number of nitrogens with one attached hydrogen (secondary N) is 1. The van der Waals surface area contributed by atoms with E-state index < -0.39 is 0 Å². The first-order valence-corrected chi connectivity index (χ1v) is 6.65. The van der Waals surface area contributed by atoms with Gasteiger partial charge in [0, 0.05) is 6.54 Å². The van der Waals surface area contributed by atoms with Crippen LogP contribution in [0.3, 0.4) is 0 Å². The molecule has 20 heavy (non-hydrogen) atoms. The van der Waals surface area contributed by atoms with Crippen LogP contribution in [0.15, 0.2) is 12.1 Å². The van der Waals surface area contributed by atoms with Crippen molar-refractivity contribution in [3.05, 3.63) is 23.3 Å². The Kier molecular flexibility index (Phi) is 6.31. The van der Waals surface area contributed by atoms with Gasteiger partial charge in [0.2, 0.25) is 0 Å². The highest BCUT2D eigenvalue weighted by Gasteiger charge is 2.15. The van der Waals surface area contributed by atoms with Crippen molar-refractivity contribution in [3.63, 3.8) is 0 Å². The van der Waals surface area contributed by atoms with Crippen molar-refractivity contribution in [2.75, 3.05) is 41.4 Å². The van der Waals surface area contributed by atoms with Crippen molar-refractivity contribution in [1.29, 1.82) is 0 Å². The van der Waals surface area contributed by atoms with E-state index in [2.05, 4.69) is 10.2 Å². The minimum atomic E-state index is -0.140. The van der Waals surface area contributed by atoms with Crippen LogP contribution in [0, 0.1) is 6.92 Å². The van der Waals surface area contributed by atoms with Crippen molar-refractivity contribution < 1.29 is 14.3 Å². The normalized spacial score (nSPS) is 10.5. The van der Waals surface area contributed by atoms with E-state index in [0.717, 1.165) is 18.5 Å². The zero-order valence-electron chi connectivity index (χ0n) is 12.9. The lowest BCUT2D eigenvalue weighted by molar-refractivity contribution is 0.0949. The molecule has 0 aliphatic carbocycles. The zero-order chi connectivity index (χ0) is 15.1. The fourth-order valence-electron chi connectivity index (χ4n) is 1.92. The van der Waals surface area contributed by atoms with E-state index in [9.17, 15) is 4.79 Å². The second-order valence-electron chi connectivity index (χ2n) is 4.93. The summed E-state index contributed by atoms with van der Waals surface area (Å²) in [6, 6.07) is 3.53. The van der Waals surface area contributed by atoms with Crippen molar-refractivity contribution >= 4 is 5.91 Å². The van der Waals surface area contributed by atoms with Crippen LogP contribution in [-0.2, 0) is 0 Å². The molecule has 1 N–H and O–H groups in total. The minimum absolute atomic E-state index is 0.140. The molecule has 0 unspecified atom stereocenters. The number of rotatable bonds is 7. The van der Waals surface area contributed by atoms with Crippen LogP contribution in [0.5, 0.6) is 11.5 Å². The molecule has 1 rings (SSSR count). The van der Waals surface area contributed by atoms with Gasteiger partial charge < -0.3 is 19.7 Å². The molecule has 1 aromatic carbocycles. The van der Waals surface area contributed by atoms with Gasteiger partial charge in [0.1, 0.15) is 11.5 Å². The van der Waals surface area contributed by atoms with Gasteiger partial charge in [-0.05, 0) is 51.7 Å². The van der Waals surface area contributed by atoms with Crippen LogP contribution in [0.2, 0.25) is 0 Å². The number of amides is 1. The number of carbonyl (C=O) groups is 1. The maximum absolute atomic E-state index is 12.2. The molecule has 0 saturated carbocycles. The lowest BCUT2D eigenvalue weighted by Crippen LogP contribution is -2.27. The fourth-order valence-corrected chi connectivity index (χ4v) is 1.92. The first-order valence-electron chi connectivity index (χ1n) is 6.65. The fraction of sp³-hybridized carbons (Fsp3) is 0.533. The van der Waals surface area contributed by atoms with Crippen molar-refractivity contribution in [1.82, 2.24) is 10.2 Å². The predicted molar refractivity (Wildman–Crippen MR) is 79.8 cm³/mol. The Morgan fingerprint density at radius 3 is 2.40 bits per heavy atom. The van der Waals surface area contributed by atoms with Crippen LogP contribution in [0.25, 0.3) is 0 Å². The molecule has 5 heteroatoms. The lowest BCUT2D eigenvalue weighted by atomic mass is 10.1. The average molecular weight is 280 g/mol. The summed E-state index contributed by atoms with van der Waals surface area (Å²) in [5.74, 6) is 1.11. The molecule has 0 bridgehead atoms.